The van der Waals surface area contributed by atoms with Gasteiger partial charge in [0.25, 0.3) is 0 Å². The Kier molecular flexibility index (Phi) is 8.49. The quantitative estimate of drug-likeness (QED) is 0.183. The minimum atomic E-state index is -3.36. The number of aryl methyl sites for hydroxylation is 3. The molecule has 0 bridgehead atoms. The second kappa shape index (κ2) is 12.6. The molecule has 42 heavy (non-hydrogen) atoms. The molecule has 1 aliphatic rings. The number of nitrogens with zero attached hydrogens (tertiary/aromatic N) is 4. The van der Waals surface area contributed by atoms with E-state index >= 15 is 0 Å². The van der Waals surface area contributed by atoms with Crippen molar-refractivity contribution in [1.82, 2.24) is 19.5 Å². The van der Waals surface area contributed by atoms with Gasteiger partial charge in [0.1, 0.15) is 0 Å². The van der Waals surface area contributed by atoms with Gasteiger partial charge in [-0.1, -0.05) is 60.7 Å². The Morgan fingerprint density at radius 3 is 2.36 bits per heavy atom. The fourth-order valence-corrected chi connectivity index (χ4v) is 7.22. The molecule has 3 heterocycles. The number of hydrogen-bond donors (Lipinski definition) is 0. The Hall–Kier alpha value is -3.81. The molecule has 6 rings (SSSR count). The second-order valence-electron chi connectivity index (χ2n) is 11.4. The van der Waals surface area contributed by atoms with Gasteiger partial charge in [-0.05, 0) is 111 Å². The van der Waals surface area contributed by atoms with Gasteiger partial charge in [-0.2, -0.15) is 5.10 Å². The summed E-state index contributed by atoms with van der Waals surface area (Å²) in [6.45, 7) is 5.63. The first-order valence-corrected chi connectivity index (χ1v) is 16.6. The van der Waals surface area contributed by atoms with E-state index in [1.165, 1.54) is 50.0 Å². The third kappa shape index (κ3) is 6.80. The average Bonchev–Trinajstić information content (AvgIpc) is 3.67. The van der Waals surface area contributed by atoms with E-state index in [1.807, 2.05) is 53.9 Å². The van der Waals surface area contributed by atoms with Gasteiger partial charge < -0.3 is 4.90 Å². The maximum absolute atomic E-state index is 12.9. The number of rotatable bonds is 11. The van der Waals surface area contributed by atoms with Crippen molar-refractivity contribution in [3.05, 3.63) is 119 Å². The molecular formula is C35H38N4O2S. The minimum absolute atomic E-state index is 0.0643. The van der Waals surface area contributed by atoms with E-state index in [2.05, 4.69) is 35.2 Å². The van der Waals surface area contributed by atoms with Crippen LogP contribution in [0.4, 0.5) is 0 Å². The summed E-state index contributed by atoms with van der Waals surface area (Å²) in [5.74, 6) is 0.846. The number of pyridine rings is 1. The molecule has 1 aliphatic heterocycles. The van der Waals surface area contributed by atoms with Gasteiger partial charge in [0, 0.05) is 12.0 Å². The summed E-state index contributed by atoms with van der Waals surface area (Å²) in [4.78, 5) is 7.76. The zero-order valence-corrected chi connectivity index (χ0v) is 25.1. The highest BCUT2D eigenvalue weighted by molar-refractivity contribution is 7.91. The van der Waals surface area contributed by atoms with Crippen molar-refractivity contribution in [2.75, 3.05) is 25.4 Å². The van der Waals surface area contributed by atoms with E-state index < -0.39 is 9.84 Å². The van der Waals surface area contributed by atoms with E-state index in [0.717, 1.165) is 40.3 Å². The van der Waals surface area contributed by atoms with Crippen molar-refractivity contribution in [3.8, 4) is 11.3 Å². The van der Waals surface area contributed by atoms with Gasteiger partial charge in [0.05, 0.1) is 16.3 Å². The smallest absolute Gasteiger partial charge is 0.178 e. The first-order valence-electron chi connectivity index (χ1n) is 15.0. The fraction of sp³-hybridized carbons (Fsp3) is 0.314. The summed E-state index contributed by atoms with van der Waals surface area (Å²) in [7, 11) is -3.36. The molecule has 2 aromatic heterocycles. The van der Waals surface area contributed by atoms with Crippen molar-refractivity contribution in [3.63, 3.8) is 0 Å². The molecular weight excluding hydrogens is 540 g/mol. The molecule has 0 spiro atoms. The number of sulfone groups is 1. The van der Waals surface area contributed by atoms with Gasteiger partial charge >= 0.3 is 0 Å². The van der Waals surface area contributed by atoms with Crippen molar-refractivity contribution in [2.45, 2.75) is 50.3 Å². The zero-order valence-electron chi connectivity index (χ0n) is 24.2. The highest BCUT2D eigenvalue weighted by atomic mass is 32.2. The van der Waals surface area contributed by atoms with Crippen molar-refractivity contribution in [1.29, 1.82) is 0 Å². The molecule has 0 atom stereocenters. The Morgan fingerprint density at radius 1 is 0.786 bits per heavy atom. The van der Waals surface area contributed by atoms with E-state index in [0.29, 0.717) is 17.7 Å². The van der Waals surface area contributed by atoms with Crippen LogP contribution in [-0.4, -0.2) is 53.3 Å². The lowest BCUT2D eigenvalue weighted by molar-refractivity contribution is 0.334. The Balaban J connectivity index is 1.13. The summed E-state index contributed by atoms with van der Waals surface area (Å²) >= 11 is 0. The van der Waals surface area contributed by atoms with Gasteiger partial charge in [-0.25, -0.2) is 17.9 Å². The van der Waals surface area contributed by atoms with Crippen molar-refractivity contribution < 1.29 is 8.42 Å². The summed E-state index contributed by atoms with van der Waals surface area (Å²) in [6.07, 6.45) is 6.13. The van der Waals surface area contributed by atoms with Crippen LogP contribution in [0.5, 0.6) is 0 Å². The maximum atomic E-state index is 12.9. The Labute approximate surface area is 249 Å². The van der Waals surface area contributed by atoms with E-state index in [-0.39, 0.29) is 5.75 Å². The number of fused-ring (bicyclic) bond motifs is 1. The van der Waals surface area contributed by atoms with Gasteiger partial charge in [-0.3, -0.25) is 0 Å². The molecule has 7 heteroatoms. The molecule has 0 aliphatic carbocycles. The molecule has 0 saturated carbocycles. The Morgan fingerprint density at radius 2 is 1.55 bits per heavy atom. The van der Waals surface area contributed by atoms with E-state index in [4.69, 9.17) is 10.1 Å². The number of hydrogen-bond acceptors (Lipinski definition) is 5. The normalized spacial score (nSPS) is 14.1. The van der Waals surface area contributed by atoms with E-state index in [9.17, 15) is 8.42 Å². The summed E-state index contributed by atoms with van der Waals surface area (Å²) < 4.78 is 27.8. The molecule has 6 nitrogen and oxygen atoms in total. The predicted octanol–water partition coefficient (Wildman–Crippen LogP) is 6.34. The SMILES string of the molecule is Cc1cccc(S(=O)(=O)CCc2cccc(-c3cccc4nc(Cc5ccc(CCCN6CCCC6)cc5)nn34)c2)c1. The molecule has 1 fully saturated rings. The van der Waals surface area contributed by atoms with E-state index in [1.54, 1.807) is 18.2 Å². The van der Waals surface area contributed by atoms with Crippen LogP contribution in [0.3, 0.4) is 0 Å². The first kappa shape index (κ1) is 28.3. The molecule has 3 aromatic carbocycles. The van der Waals surface area contributed by atoms with Crippen LogP contribution < -0.4 is 0 Å². The summed E-state index contributed by atoms with van der Waals surface area (Å²) in [5.41, 5.74) is 7.22. The van der Waals surface area contributed by atoms with Crippen molar-refractivity contribution >= 4 is 15.5 Å². The second-order valence-corrected chi connectivity index (χ2v) is 13.5. The third-order valence-electron chi connectivity index (χ3n) is 8.16. The summed E-state index contributed by atoms with van der Waals surface area (Å²) in [5, 5.41) is 4.87. The number of likely N-dealkylation sites (tertiary alicyclic amines) is 1. The number of aromatic nitrogens is 3. The highest BCUT2D eigenvalue weighted by Crippen LogP contribution is 2.23. The number of benzene rings is 3. The fourth-order valence-electron chi connectivity index (χ4n) is 5.83. The van der Waals surface area contributed by atoms with Crippen LogP contribution >= 0.6 is 0 Å². The van der Waals surface area contributed by atoms with Crippen LogP contribution in [0.2, 0.25) is 0 Å². The average molecular weight is 579 g/mol. The van der Waals surface area contributed by atoms with Crippen molar-refractivity contribution in [2.24, 2.45) is 0 Å². The first-order chi connectivity index (χ1) is 20.4. The predicted molar refractivity (Wildman–Crippen MR) is 169 cm³/mol. The summed E-state index contributed by atoms with van der Waals surface area (Å²) in [6, 6.07) is 30.1. The largest absolute Gasteiger partial charge is 0.303 e. The molecule has 5 aromatic rings. The maximum Gasteiger partial charge on any atom is 0.178 e. The standard InChI is InChI=1S/C35H38N4O2S/c1-27-8-4-12-32(24-27)42(40,41)23-19-29-9-5-11-31(25-29)33-13-6-14-35-36-34(37-39(33)35)26-30-17-15-28(16-18-30)10-7-22-38-20-2-3-21-38/h4-6,8-9,11-18,24-25H,2-3,7,10,19-23,26H2,1H3. The molecule has 0 amide bonds. The topological polar surface area (TPSA) is 67.6 Å². The van der Waals surface area contributed by atoms with Gasteiger partial charge in [-0.15, -0.1) is 0 Å². The highest BCUT2D eigenvalue weighted by Gasteiger charge is 2.16. The van der Waals surface area contributed by atoms with Crippen LogP contribution in [0.25, 0.3) is 16.9 Å². The lowest BCUT2D eigenvalue weighted by Crippen LogP contribution is -2.20. The Bertz CT molecular complexity index is 1770. The van der Waals surface area contributed by atoms with Crippen LogP contribution in [-0.2, 0) is 29.1 Å². The molecule has 0 unspecified atom stereocenters. The lowest BCUT2D eigenvalue weighted by Gasteiger charge is -2.13. The molecule has 1 saturated heterocycles. The molecule has 0 radical (unpaired) electrons. The zero-order chi connectivity index (χ0) is 28.9. The van der Waals surface area contributed by atoms with Crippen LogP contribution in [0.1, 0.15) is 47.3 Å². The monoisotopic (exact) mass is 578 g/mol. The minimum Gasteiger partial charge on any atom is -0.303 e. The van der Waals surface area contributed by atoms with Gasteiger partial charge in [0.15, 0.2) is 21.3 Å². The van der Waals surface area contributed by atoms with Crippen LogP contribution in [0.15, 0.2) is 95.9 Å². The van der Waals surface area contributed by atoms with Gasteiger partial charge in [0.2, 0.25) is 0 Å². The molecule has 0 N–H and O–H groups in total. The molecule has 216 valence electrons. The van der Waals surface area contributed by atoms with Crippen LogP contribution in [0, 0.1) is 6.92 Å². The third-order valence-corrected chi connectivity index (χ3v) is 9.87. The lowest BCUT2D eigenvalue weighted by atomic mass is 10.1.